The summed E-state index contributed by atoms with van der Waals surface area (Å²) in [4.78, 5) is 0. The Morgan fingerprint density at radius 3 is 2.35 bits per heavy atom. The number of nitrogens with one attached hydrogen (secondary N) is 1. The molecule has 1 aromatic rings. The van der Waals surface area contributed by atoms with Gasteiger partial charge in [-0.3, -0.25) is 0 Å². The van der Waals surface area contributed by atoms with Gasteiger partial charge in [0.15, 0.2) is 0 Å². The van der Waals surface area contributed by atoms with Crippen molar-refractivity contribution in [2.24, 2.45) is 0 Å². The predicted octanol–water partition coefficient (Wildman–Crippen LogP) is 3.29. The fraction of sp³-hybridized carbons (Fsp3) is 0.455. The normalized spacial score (nSPS) is 24.5. The van der Waals surface area contributed by atoms with Crippen LogP contribution in [0.2, 0.25) is 0 Å². The third-order valence-corrected chi connectivity index (χ3v) is 2.82. The molecular weight excluding hydrogens is 258 g/mol. The zero-order valence-corrected chi connectivity index (χ0v) is 9.67. The van der Waals surface area contributed by atoms with Crippen molar-refractivity contribution in [1.29, 1.82) is 0 Å². The van der Waals surface area contributed by atoms with E-state index in [1.54, 1.807) is 0 Å². The molecule has 2 rings (SSSR count). The average Bonchev–Trinajstić information content (AvgIpc) is 2.65. The summed E-state index contributed by atoms with van der Waals surface area (Å²) in [6.45, 7) is 0.350. The Bertz CT molecular complexity index is 385. The minimum absolute atomic E-state index is 0. The zero-order valence-electron chi connectivity index (χ0n) is 8.85. The van der Waals surface area contributed by atoms with Gasteiger partial charge >= 0.3 is 6.18 Å². The van der Waals surface area contributed by atoms with Crippen molar-refractivity contribution in [3.8, 4) is 0 Å². The molecule has 1 fully saturated rings. The van der Waals surface area contributed by atoms with Gasteiger partial charge in [0.1, 0.15) is 5.67 Å². The van der Waals surface area contributed by atoms with Crippen LogP contribution in [-0.2, 0) is 11.8 Å². The molecule has 6 heteroatoms. The highest BCUT2D eigenvalue weighted by molar-refractivity contribution is 5.85. The van der Waals surface area contributed by atoms with E-state index in [1.165, 1.54) is 18.2 Å². The summed E-state index contributed by atoms with van der Waals surface area (Å²) in [5, 5.41) is 2.75. The fourth-order valence-corrected chi connectivity index (χ4v) is 2.01. The largest absolute Gasteiger partial charge is 0.416 e. The van der Waals surface area contributed by atoms with Crippen LogP contribution in [-0.4, -0.2) is 13.1 Å². The Hall–Kier alpha value is -0.810. The first-order chi connectivity index (χ1) is 7.43. The van der Waals surface area contributed by atoms with Crippen LogP contribution in [0, 0.1) is 0 Å². The molecule has 1 heterocycles. The molecule has 1 aromatic carbocycles. The minimum atomic E-state index is -4.50. The molecule has 0 aromatic heterocycles. The van der Waals surface area contributed by atoms with Gasteiger partial charge in [-0.15, -0.1) is 12.4 Å². The quantitative estimate of drug-likeness (QED) is 0.772. The van der Waals surface area contributed by atoms with E-state index in [-0.39, 0.29) is 30.9 Å². The summed E-state index contributed by atoms with van der Waals surface area (Å²) in [7, 11) is 0. The Morgan fingerprint density at radius 1 is 1.18 bits per heavy atom. The second-order valence-electron chi connectivity index (χ2n) is 3.94. The summed E-state index contributed by atoms with van der Waals surface area (Å²) in [6.07, 6.45) is -4.42. The van der Waals surface area contributed by atoms with Gasteiger partial charge in [-0.1, -0.05) is 18.2 Å². The lowest BCUT2D eigenvalue weighted by Gasteiger charge is -2.23. The fourth-order valence-electron chi connectivity index (χ4n) is 2.01. The van der Waals surface area contributed by atoms with Gasteiger partial charge < -0.3 is 5.32 Å². The van der Waals surface area contributed by atoms with Crippen molar-refractivity contribution in [2.45, 2.75) is 18.3 Å². The zero-order chi connectivity index (χ0) is 11.8. The van der Waals surface area contributed by atoms with E-state index in [9.17, 15) is 17.6 Å². The predicted molar refractivity (Wildman–Crippen MR) is 59.0 cm³/mol. The topological polar surface area (TPSA) is 12.0 Å². The van der Waals surface area contributed by atoms with Crippen molar-refractivity contribution in [3.63, 3.8) is 0 Å². The van der Waals surface area contributed by atoms with Gasteiger partial charge in [0.05, 0.1) is 5.56 Å². The average molecular weight is 270 g/mol. The molecule has 0 bridgehead atoms. The Balaban J connectivity index is 0.00000144. The molecule has 0 spiro atoms. The van der Waals surface area contributed by atoms with E-state index >= 15 is 0 Å². The highest BCUT2D eigenvalue weighted by atomic mass is 35.5. The van der Waals surface area contributed by atoms with Crippen LogP contribution >= 0.6 is 12.4 Å². The maximum Gasteiger partial charge on any atom is 0.416 e. The molecule has 1 unspecified atom stereocenters. The highest BCUT2D eigenvalue weighted by Crippen LogP contribution is 2.40. The minimum Gasteiger partial charge on any atom is -0.313 e. The smallest absolute Gasteiger partial charge is 0.313 e. The molecule has 0 saturated carbocycles. The van der Waals surface area contributed by atoms with Crippen molar-refractivity contribution in [3.05, 3.63) is 35.4 Å². The van der Waals surface area contributed by atoms with Gasteiger partial charge in [-0.2, -0.15) is 13.2 Å². The summed E-state index contributed by atoms with van der Waals surface area (Å²) in [5.41, 5.74) is -3.03. The number of halogens is 5. The lowest BCUT2D eigenvalue weighted by Crippen LogP contribution is -2.27. The van der Waals surface area contributed by atoms with Gasteiger partial charge in [0.2, 0.25) is 0 Å². The monoisotopic (exact) mass is 269 g/mol. The summed E-state index contributed by atoms with van der Waals surface area (Å²) in [6, 6.07) is 4.85. The number of alkyl halides is 4. The van der Waals surface area contributed by atoms with Crippen molar-refractivity contribution >= 4 is 12.4 Å². The van der Waals surface area contributed by atoms with Crippen LogP contribution in [0.1, 0.15) is 17.5 Å². The molecular formula is C11H12ClF4N. The van der Waals surface area contributed by atoms with E-state index in [2.05, 4.69) is 5.32 Å². The second-order valence-corrected chi connectivity index (χ2v) is 3.94. The van der Waals surface area contributed by atoms with Gasteiger partial charge in [-0.25, -0.2) is 4.39 Å². The summed E-state index contributed by atoms with van der Waals surface area (Å²) in [5.74, 6) is 0. The van der Waals surface area contributed by atoms with Gasteiger partial charge in [-0.05, 0) is 19.0 Å². The van der Waals surface area contributed by atoms with E-state index in [0.29, 0.717) is 6.54 Å². The first kappa shape index (κ1) is 14.3. The number of benzene rings is 1. The molecule has 1 atom stereocenters. The lowest BCUT2D eigenvalue weighted by molar-refractivity contribution is -0.139. The molecule has 96 valence electrons. The number of hydrogen-bond acceptors (Lipinski definition) is 1. The number of rotatable bonds is 1. The van der Waals surface area contributed by atoms with Crippen LogP contribution in [0.4, 0.5) is 17.6 Å². The standard InChI is InChI=1S/C11H11F4N.ClH/c12-10(5-6-16-7-10)8-3-1-2-4-9(8)11(13,14)15;/h1-4,16H,5-7H2;1H. The molecule has 17 heavy (non-hydrogen) atoms. The van der Waals surface area contributed by atoms with Crippen LogP contribution in [0.5, 0.6) is 0 Å². The van der Waals surface area contributed by atoms with Crippen molar-refractivity contribution in [1.82, 2.24) is 5.32 Å². The van der Waals surface area contributed by atoms with E-state index in [0.717, 1.165) is 6.07 Å². The maximum atomic E-state index is 14.3. The molecule has 1 nitrogen and oxygen atoms in total. The molecule has 1 N–H and O–H groups in total. The lowest BCUT2D eigenvalue weighted by atomic mass is 9.90. The maximum absolute atomic E-state index is 14.3. The van der Waals surface area contributed by atoms with Gasteiger partial charge in [0.25, 0.3) is 0 Å². The third kappa shape index (κ3) is 2.72. The Labute approximate surface area is 103 Å². The SMILES string of the molecule is Cl.FC(F)(F)c1ccccc1C1(F)CCNC1. The van der Waals surface area contributed by atoms with Crippen LogP contribution in [0.25, 0.3) is 0 Å². The summed E-state index contributed by atoms with van der Waals surface area (Å²) < 4.78 is 52.3. The van der Waals surface area contributed by atoms with Gasteiger partial charge in [0, 0.05) is 12.1 Å². The third-order valence-electron chi connectivity index (χ3n) is 2.82. The van der Waals surface area contributed by atoms with E-state index < -0.39 is 17.4 Å². The molecule has 1 aliphatic heterocycles. The van der Waals surface area contributed by atoms with Crippen LogP contribution in [0.15, 0.2) is 24.3 Å². The van der Waals surface area contributed by atoms with Crippen molar-refractivity contribution in [2.75, 3.05) is 13.1 Å². The molecule has 1 aliphatic rings. The van der Waals surface area contributed by atoms with E-state index in [4.69, 9.17) is 0 Å². The molecule has 0 amide bonds. The summed E-state index contributed by atoms with van der Waals surface area (Å²) >= 11 is 0. The van der Waals surface area contributed by atoms with Crippen molar-refractivity contribution < 1.29 is 17.6 Å². The first-order valence-electron chi connectivity index (χ1n) is 5.00. The molecule has 1 saturated heterocycles. The number of hydrogen-bond donors (Lipinski definition) is 1. The molecule has 0 aliphatic carbocycles. The highest BCUT2D eigenvalue weighted by Gasteiger charge is 2.43. The molecule has 0 radical (unpaired) electrons. The van der Waals surface area contributed by atoms with Crippen LogP contribution < -0.4 is 5.32 Å². The Kier molecular flexibility index (Phi) is 4.04. The van der Waals surface area contributed by atoms with E-state index in [1.807, 2.05) is 0 Å². The van der Waals surface area contributed by atoms with Crippen LogP contribution in [0.3, 0.4) is 0 Å². The Morgan fingerprint density at radius 2 is 1.82 bits per heavy atom. The first-order valence-corrected chi connectivity index (χ1v) is 5.00. The second kappa shape index (κ2) is 4.82.